The van der Waals surface area contributed by atoms with Crippen molar-refractivity contribution >= 4 is 11.9 Å². The minimum atomic E-state index is -0.839. The van der Waals surface area contributed by atoms with Crippen molar-refractivity contribution < 1.29 is 14.7 Å². The minimum Gasteiger partial charge on any atom is -0.481 e. The first-order chi connectivity index (χ1) is 7.97. The van der Waals surface area contributed by atoms with Crippen molar-refractivity contribution in [3.05, 3.63) is 0 Å². The summed E-state index contributed by atoms with van der Waals surface area (Å²) < 4.78 is 0. The molecule has 0 spiro atoms. The van der Waals surface area contributed by atoms with Crippen molar-refractivity contribution in [2.24, 2.45) is 0 Å². The molecule has 0 radical (unpaired) electrons. The van der Waals surface area contributed by atoms with Crippen LogP contribution in [0, 0.1) is 0 Å². The molecule has 0 aromatic carbocycles. The molecule has 1 rings (SSSR count). The Morgan fingerprint density at radius 3 is 2.71 bits per heavy atom. The monoisotopic (exact) mass is 242 g/mol. The summed E-state index contributed by atoms with van der Waals surface area (Å²) in [4.78, 5) is 26.7. The predicted octanol–water partition coefficient (Wildman–Crippen LogP) is 0.792. The number of carbonyl (C=O) groups excluding carboxylic acids is 1. The molecule has 98 valence electrons. The van der Waals surface area contributed by atoms with E-state index in [9.17, 15) is 9.59 Å². The molecule has 0 aromatic heterocycles. The normalized spacial score (nSPS) is 27.0. The highest BCUT2D eigenvalue weighted by Crippen LogP contribution is 2.18. The first-order valence-electron chi connectivity index (χ1n) is 6.19. The lowest BCUT2D eigenvalue weighted by Gasteiger charge is -2.28. The van der Waals surface area contributed by atoms with Gasteiger partial charge < -0.3 is 10.0 Å². The van der Waals surface area contributed by atoms with E-state index in [1.807, 2.05) is 13.8 Å². The second kappa shape index (κ2) is 6.00. The fourth-order valence-electron chi connectivity index (χ4n) is 2.26. The maximum atomic E-state index is 12.2. The number of nitrogens with zero attached hydrogens (tertiary/aromatic N) is 2. The van der Waals surface area contributed by atoms with E-state index in [0.29, 0.717) is 6.42 Å². The Morgan fingerprint density at radius 1 is 1.53 bits per heavy atom. The van der Waals surface area contributed by atoms with Crippen LogP contribution < -0.4 is 0 Å². The Morgan fingerprint density at radius 2 is 2.18 bits per heavy atom. The van der Waals surface area contributed by atoms with E-state index < -0.39 is 5.97 Å². The van der Waals surface area contributed by atoms with Crippen LogP contribution in [0.4, 0.5) is 0 Å². The molecule has 1 N–H and O–H groups in total. The van der Waals surface area contributed by atoms with Gasteiger partial charge in [-0.1, -0.05) is 6.92 Å². The fourth-order valence-corrected chi connectivity index (χ4v) is 2.26. The van der Waals surface area contributed by atoms with Crippen molar-refractivity contribution in [1.29, 1.82) is 0 Å². The molecule has 1 heterocycles. The quantitative estimate of drug-likeness (QED) is 0.792. The Hall–Kier alpha value is -1.10. The van der Waals surface area contributed by atoms with Crippen LogP contribution in [-0.4, -0.2) is 59.0 Å². The van der Waals surface area contributed by atoms with E-state index in [2.05, 4.69) is 4.90 Å². The van der Waals surface area contributed by atoms with Gasteiger partial charge >= 0.3 is 5.97 Å². The minimum absolute atomic E-state index is 0.0507. The highest BCUT2D eigenvalue weighted by molar-refractivity contribution is 5.82. The first-order valence-corrected chi connectivity index (χ1v) is 6.19. The topological polar surface area (TPSA) is 60.9 Å². The molecule has 2 unspecified atom stereocenters. The van der Waals surface area contributed by atoms with Gasteiger partial charge in [-0.3, -0.25) is 14.5 Å². The second-order valence-corrected chi connectivity index (χ2v) is 4.66. The van der Waals surface area contributed by atoms with Crippen LogP contribution in [0.25, 0.3) is 0 Å². The number of hydrogen-bond donors (Lipinski definition) is 1. The van der Waals surface area contributed by atoms with Gasteiger partial charge in [0, 0.05) is 26.1 Å². The number of aliphatic carboxylic acids is 1. The largest absolute Gasteiger partial charge is 0.481 e. The molecule has 17 heavy (non-hydrogen) atoms. The Bertz CT molecular complexity index is 293. The molecule has 0 aliphatic carbocycles. The van der Waals surface area contributed by atoms with Crippen LogP contribution in [-0.2, 0) is 9.59 Å². The van der Waals surface area contributed by atoms with Crippen LogP contribution in [0.15, 0.2) is 0 Å². The van der Waals surface area contributed by atoms with E-state index in [4.69, 9.17) is 5.11 Å². The zero-order chi connectivity index (χ0) is 13.0. The van der Waals surface area contributed by atoms with Gasteiger partial charge in [-0.2, -0.15) is 0 Å². The van der Waals surface area contributed by atoms with Crippen LogP contribution in [0.2, 0.25) is 0 Å². The number of carboxylic acids is 1. The molecule has 0 bridgehead atoms. The lowest BCUT2D eigenvalue weighted by atomic mass is 10.1. The van der Waals surface area contributed by atoms with Gasteiger partial charge in [-0.15, -0.1) is 0 Å². The molecular formula is C12H22N2O3. The fraction of sp³-hybridized carbons (Fsp3) is 0.833. The predicted molar refractivity (Wildman–Crippen MR) is 64.8 cm³/mol. The van der Waals surface area contributed by atoms with Crippen LogP contribution in [0.1, 0.15) is 33.1 Å². The lowest BCUT2D eigenvalue weighted by molar-refractivity contribution is -0.139. The average molecular weight is 242 g/mol. The molecule has 0 aromatic rings. The zero-order valence-corrected chi connectivity index (χ0v) is 10.8. The van der Waals surface area contributed by atoms with Crippen LogP contribution in [0.3, 0.4) is 0 Å². The molecule has 5 nitrogen and oxygen atoms in total. The van der Waals surface area contributed by atoms with Gasteiger partial charge in [0.2, 0.25) is 5.91 Å². The maximum Gasteiger partial charge on any atom is 0.303 e. The summed E-state index contributed by atoms with van der Waals surface area (Å²) in [6.07, 6.45) is 1.40. The number of amides is 1. The summed E-state index contributed by atoms with van der Waals surface area (Å²) >= 11 is 0. The molecule has 1 saturated heterocycles. The van der Waals surface area contributed by atoms with E-state index in [1.54, 1.807) is 11.9 Å². The number of likely N-dealkylation sites (N-methyl/N-ethyl adjacent to an activating group) is 2. The van der Waals surface area contributed by atoms with Crippen molar-refractivity contribution in [3.8, 4) is 0 Å². The smallest absolute Gasteiger partial charge is 0.303 e. The number of hydrogen-bond acceptors (Lipinski definition) is 3. The molecular weight excluding hydrogens is 220 g/mol. The summed E-state index contributed by atoms with van der Waals surface area (Å²) in [5.74, 6) is -0.785. The van der Waals surface area contributed by atoms with Crippen molar-refractivity contribution in [1.82, 2.24) is 9.80 Å². The first kappa shape index (κ1) is 14.0. The standard InChI is InChI=1S/C12H22N2O3/c1-4-14-8-7-9(2)13(3)12(17)10(14)5-6-11(15)16/h9-10H,4-8H2,1-3H3,(H,15,16). The Labute approximate surface area is 102 Å². The SMILES string of the molecule is CCN1CCC(C)N(C)C(=O)C1CCC(=O)O. The Balaban J connectivity index is 2.78. The summed E-state index contributed by atoms with van der Waals surface area (Å²) in [7, 11) is 1.81. The van der Waals surface area contributed by atoms with E-state index >= 15 is 0 Å². The number of carbonyl (C=O) groups is 2. The van der Waals surface area contributed by atoms with Gasteiger partial charge in [0.25, 0.3) is 0 Å². The zero-order valence-electron chi connectivity index (χ0n) is 10.8. The lowest BCUT2D eigenvalue weighted by Crippen LogP contribution is -2.46. The van der Waals surface area contributed by atoms with E-state index in [0.717, 1.165) is 19.5 Å². The third-order valence-corrected chi connectivity index (χ3v) is 3.61. The van der Waals surface area contributed by atoms with Crippen molar-refractivity contribution in [2.75, 3.05) is 20.1 Å². The van der Waals surface area contributed by atoms with Crippen molar-refractivity contribution in [3.63, 3.8) is 0 Å². The molecule has 0 saturated carbocycles. The van der Waals surface area contributed by atoms with Crippen molar-refractivity contribution in [2.45, 2.75) is 45.2 Å². The van der Waals surface area contributed by atoms with Crippen LogP contribution in [0.5, 0.6) is 0 Å². The van der Waals surface area contributed by atoms with E-state index in [-0.39, 0.29) is 24.4 Å². The molecule has 1 fully saturated rings. The third-order valence-electron chi connectivity index (χ3n) is 3.61. The van der Waals surface area contributed by atoms with Gasteiger partial charge in [0.05, 0.1) is 6.04 Å². The summed E-state index contributed by atoms with van der Waals surface area (Å²) in [6, 6.07) is -0.0440. The Kier molecular flexibility index (Phi) is 4.93. The summed E-state index contributed by atoms with van der Waals surface area (Å²) in [5.41, 5.74) is 0. The second-order valence-electron chi connectivity index (χ2n) is 4.66. The maximum absolute atomic E-state index is 12.2. The highest BCUT2D eigenvalue weighted by Gasteiger charge is 2.33. The van der Waals surface area contributed by atoms with Gasteiger partial charge in [0.1, 0.15) is 0 Å². The molecule has 1 aliphatic heterocycles. The van der Waals surface area contributed by atoms with Gasteiger partial charge in [-0.05, 0) is 26.3 Å². The molecule has 5 heteroatoms. The number of carboxylic acid groups (broad SMARTS) is 1. The summed E-state index contributed by atoms with van der Waals surface area (Å²) in [5, 5.41) is 8.73. The highest BCUT2D eigenvalue weighted by atomic mass is 16.4. The third kappa shape index (κ3) is 3.43. The average Bonchev–Trinajstić information content (AvgIpc) is 2.39. The van der Waals surface area contributed by atoms with E-state index in [1.165, 1.54) is 0 Å². The summed E-state index contributed by atoms with van der Waals surface area (Å²) in [6.45, 7) is 5.69. The molecule has 2 atom stereocenters. The number of rotatable bonds is 4. The molecule has 1 amide bonds. The van der Waals surface area contributed by atoms with Gasteiger partial charge in [0.15, 0.2) is 0 Å². The molecule has 1 aliphatic rings. The van der Waals surface area contributed by atoms with Crippen LogP contribution >= 0.6 is 0 Å². The van der Waals surface area contributed by atoms with Gasteiger partial charge in [-0.25, -0.2) is 0 Å².